The van der Waals surface area contributed by atoms with Crippen LogP contribution in [0.3, 0.4) is 0 Å². The van der Waals surface area contributed by atoms with Gasteiger partial charge in [-0.05, 0) is 12.1 Å². The number of rotatable bonds is 3. The van der Waals surface area contributed by atoms with Crippen molar-refractivity contribution in [3.8, 4) is 0 Å². The molecule has 0 aliphatic carbocycles. The predicted octanol–water partition coefficient (Wildman–Crippen LogP) is 2.59. The molecule has 0 radical (unpaired) electrons. The first-order valence-corrected chi connectivity index (χ1v) is 5.24. The summed E-state index contributed by atoms with van der Waals surface area (Å²) in [5.41, 5.74) is -0.804. The fourth-order valence-electron chi connectivity index (χ4n) is 1.43. The third-order valence-electron chi connectivity index (χ3n) is 2.24. The molecule has 0 spiro atoms. The zero-order valence-corrected chi connectivity index (χ0v) is 10.7. The molecule has 0 aromatic heterocycles. The van der Waals surface area contributed by atoms with Gasteiger partial charge in [-0.2, -0.15) is 0 Å². The molecule has 0 heterocycles. The Bertz CT molecular complexity index is 575. The van der Waals surface area contributed by atoms with E-state index in [1.807, 2.05) is 0 Å². The number of hydrogen-bond acceptors (Lipinski definition) is 3. The van der Waals surface area contributed by atoms with Crippen LogP contribution >= 0.6 is 0 Å². The molecule has 1 rings (SSSR count). The fourth-order valence-corrected chi connectivity index (χ4v) is 1.43. The molecule has 100 valence electrons. The molecule has 6 heteroatoms. The van der Waals surface area contributed by atoms with Crippen LogP contribution in [-0.4, -0.2) is 32.1 Å². The van der Waals surface area contributed by atoms with Gasteiger partial charge in [0.25, 0.3) is 0 Å². The number of halogens is 2. The number of carbonyl (C=O) groups excluding carboxylic acids is 1. The maximum atomic E-state index is 13.8. The van der Waals surface area contributed by atoms with Crippen molar-refractivity contribution in [2.45, 2.75) is 0 Å². The second-order valence-corrected chi connectivity index (χ2v) is 3.89. The van der Waals surface area contributed by atoms with E-state index in [-0.39, 0.29) is 11.1 Å². The molecule has 0 fully saturated rings. The van der Waals surface area contributed by atoms with E-state index in [2.05, 4.69) is 9.58 Å². The van der Waals surface area contributed by atoms with Crippen LogP contribution in [0.1, 0.15) is 5.56 Å². The molecule has 0 bridgehead atoms. The minimum absolute atomic E-state index is 0.125. The fraction of sp³-hybridized carbons (Fsp3) is 0.231. The molecule has 0 unspecified atom stereocenters. The lowest BCUT2D eigenvalue weighted by Gasteiger charge is -2.12. The topological polar surface area (TPSA) is 33.9 Å². The first kappa shape index (κ1) is 14.6. The lowest BCUT2D eigenvalue weighted by atomic mass is 10.1. The molecule has 0 atom stereocenters. The minimum Gasteiger partial charge on any atom is -0.465 e. The van der Waals surface area contributed by atoms with Gasteiger partial charge in [0, 0.05) is 25.9 Å². The van der Waals surface area contributed by atoms with Gasteiger partial charge in [0.05, 0.1) is 19.3 Å². The Balaban J connectivity index is 3.45. The van der Waals surface area contributed by atoms with Crippen LogP contribution in [0.25, 0.3) is 10.4 Å². The van der Waals surface area contributed by atoms with Crippen LogP contribution in [0.4, 0.5) is 14.5 Å². The van der Waals surface area contributed by atoms with Crippen LogP contribution in [-0.2, 0) is 9.53 Å². The van der Waals surface area contributed by atoms with E-state index in [1.54, 1.807) is 14.1 Å². The van der Waals surface area contributed by atoms with Crippen LogP contribution in [0.2, 0.25) is 0 Å². The van der Waals surface area contributed by atoms with Crippen molar-refractivity contribution in [2.75, 3.05) is 21.2 Å². The number of hydrogen-bond donors (Lipinski definition) is 0. The smallest absolute Gasteiger partial charge is 0.340 e. The average molecular weight is 266 g/mol. The third kappa shape index (κ3) is 3.28. The number of methoxy groups -OCH3 is 1. The van der Waals surface area contributed by atoms with Crippen LogP contribution < -0.4 is 0 Å². The number of benzene rings is 1. The van der Waals surface area contributed by atoms with Gasteiger partial charge in [-0.3, -0.25) is 0 Å². The van der Waals surface area contributed by atoms with Gasteiger partial charge in [0.15, 0.2) is 0 Å². The third-order valence-corrected chi connectivity index (χ3v) is 2.24. The van der Waals surface area contributed by atoms with Gasteiger partial charge in [0.2, 0.25) is 5.69 Å². The highest BCUT2D eigenvalue weighted by molar-refractivity contribution is 6.16. The second kappa shape index (κ2) is 5.96. The predicted molar refractivity (Wildman–Crippen MR) is 66.3 cm³/mol. The summed E-state index contributed by atoms with van der Waals surface area (Å²) in [4.78, 5) is 16.0. The summed E-state index contributed by atoms with van der Waals surface area (Å²) in [7, 11) is 4.41. The summed E-state index contributed by atoms with van der Waals surface area (Å²) in [6, 6.07) is 1.57. The zero-order valence-electron chi connectivity index (χ0n) is 10.7. The molecule has 4 nitrogen and oxygen atoms in total. The first-order chi connectivity index (χ1) is 8.90. The van der Waals surface area contributed by atoms with E-state index in [4.69, 9.17) is 6.57 Å². The molecule has 0 saturated heterocycles. The van der Waals surface area contributed by atoms with Crippen molar-refractivity contribution in [2.24, 2.45) is 0 Å². The molecule has 0 saturated carbocycles. The quantitative estimate of drug-likeness (QED) is 0.479. The van der Waals surface area contributed by atoms with Crippen LogP contribution in [0.15, 0.2) is 18.3 Å². The molecule has 0 aliphatic rings. The molecule has 19 heavy (non-hydrogen) atoms. The first-order valence-electron chi connectivity index (χ1n) is 5.24. The Morgan fingerprint density at radius 2 is 2.00 bits per heavy atom. The van der Waals surface area contributed by atoms with Crippen molar-refractivity contribution in [3.63, 3.8) is 0 Å². The van der Waals surface area contributed by atoms with Gasteiger partial charge in [-0.1, -0.05) is 0 Å². The number of nitrogens with zero attached hydrogens (tertiary/aromatic N) is 2. The van der Waals surface area contributed by atoms with Crippen molar-refractivity contribution in [3.05, 3.63) is 46.9 Å². The zero-order chi connectivity index (χ0) is 14.6. The van der Waals surface area contributed by atoms with Crippen LogP contribution in [0, 0.1) is 18.2 Å². The highest BCUT2D eigenvalue weighted by atomic mass is 19.1. The Kier molecular flexibility index (Phi) is 4.59. The highest BCUT2D eigenvalue weighted by Crippen LogP contribution is 2.27. The molecule has 1 aromatic rings. The summed E-state index contributed by atoms with van der Waals surface area (Å²) in [6.07, 6.45) is 1.32. The standard InChI is InChI=1S/C13H12F2N2O2/c1-16-12-6-10(14)8(5-11(12)15)9(7-17(2)3)13(18)19-4/h5-7H,2-4H3/b9-7+. The monoisotopic (exact) mass is 266 g/mol. The molecule has 0 amide bonds. The Morgan fingerprint density at radius 3 is 2.47 bits per heavy atom. The largest absolute Gasteiger partial charge is 0.465 e. The second-order valence-electron chi connectivity index (χ2n) is 3.89. The van der Waals surface area contributed by atoms with E-state index < -0.39 is 23.3 Å². The maximum Gasteiger partial charge on any atom is 0.340 e. The molecule has 0 N–H and O–H groups in total. The molecule has 0 aliphatic heterocycles. The summed E-state index contributed by atoms with van der Waals surface area (Å²) < 4.78 is 31.9. The summed E-state index contributed by atoms with van der Waals surface area (Å²) >= 11 is 0. The minimum atomic E-state index is -0.889. The van der Waals surface area contributed by atoms with Crippen molar-refractivity contribution >= 4 is 17.2 Å². The highest BCUT2D eigenvalue weighted by Gasteiger charge is 2.19. The van der Waals surface area contributed by atoms with Gasteiger partial charge >= 0.3 is 5.97 Å². The Hall–Kier alpha value is -2.42. The maximum absolute atomic E-state index is 13.8. The van der Waals surface area contributed by atoms with E-state index in [0.29, 0.717) is 0 Å². The van der Waals surface area contributed by atoms with Gasteiger partial charge in [0.1, 0.15) is 11.6 Å². The number of ether oxygens (including phenoxy) is 1. The van der Waals surface area contributed by atoms with E-state index in [9.17, 15) is 13.6 Å². The Morgan fingerprint density at radius 1 is 1.37 bits per heavy atom. The van der Waals surface area contributed by atoms with Crippen molar-refractivity contribution < 1.29 is 18.3 Å². The van der Waals surface area contributed by atoms with Gasteiger partial charge in [-0.15, -0.1) is 0 Å². The summed E-state index contributed by atoms with van der Waals surface area (Å²) in [6.45, 7) is 6.70. The van der Waals surface area contributed by atoms with E-state index in [0.717, 1.165) is 19.2 Å². The number of carbonyl (C=O) groups is 1. The van der Waals surface area contributed by atoms with Gasteiger partial charge < -0.3 is 9.64 Å². The lowest BCUT2D eigenvalue weighted by molar-refractivity contribution is -0.133. The normalized spacial score (nSPS) is 10.8. The average Bonchev–Trinajstić information content (AvgIpc) is 2.37. The van der Waals surface area contributed by atoms with Crippen molar-refractivity contribution in [1.82, 2.24) is 4.90 Å². The lowest BCUT2D eigenvalue weighted by Crippen LogP contribution is -2.11. The Labute approximate surface area is 109 Å². The number of esters is 1. The van der Waals surface area contributed by atoms with Crippen molar-refractivity contribution in [1.29, 1.82) is 0 Å². The van der Waals surface area contributed by atoms with Crippen LogP contribution in [0.5, 0.6) is 0 Å². The molecule has 1 aromatic carbocycles. The van der Waals surface area contributed by atoms with Gasteiger partial charge in [-0.25, -0.2) is 18.4 Å². The summed E-state index contributed by atoms with van der Waals surface area (Å²) in [5, 5.41) is 0. The van der Waals surface area contributed by atoms with E-state index in [1.165, 1.54) is 11.1 Å². The summed E-state index contributed by atoms with van der Waals surface area (Å²) in [5.74, 6) is -2.53. The SMILES string of the molecule is [C-]#[N+]c1cc(F)c(/C(=C\N(C)C)C(=O)OC)cc1F. The molecular weight excluding hydrogens is 254 g/mol. The molecular formula is C13H12F2N2O2. The van der Waals surface area contributed by atoms with E-state index >= 15 is 0 Å².